The summed E-state index contributed by atoms with van der Waals surface area (Å²) < 4.78 is 11.1. The first kappa shape index (κ1) is 11.7. The number of hydrogen-bond acceptors (Lipinski definition) is 1. The number of rotatable bonds is 5. The Balaban J connectivity index is 3.62. The first-order valence-electron chi connectivity index (χ1n) is 3.95. The Morgan fingerprint density at radius 3 is 2.58 bits per heavy atom. The van der Waals surface area contributed by atoms with Gasteiger partial charge in [0, 0.05) is 12.6 Å². The van der Waals surface area contributed by atoms with Crippen molar-refractivity contribution in [3.05, 3.63) is 0 Å². The van der Waals surface area contributed by atoms with Gasteiger partial charge in [-0.15, -0.1) is 6.42 Å². The highest BCUT2D eigenvalue weighted by Gasteiger charge is 2.12. The number of quaternary nitrogens is 1. The third kappa shape index (κ3) is 6.42. The van der Waals surface area contributed by atoms with Crippen LogP contribution in [0.15, 0.2) is 0 Å². The van der Waals surface area contributed by atoms with Crippen LogP contribution in [-0.2, 0) is 4.57 Å². The van der Waals surface area contributed by atoms with Crippen molar-refractivity contribution in [2.45, 2.75) is 6.42 Å². The van der Waals surface area contributed by atoms with E-state index >= 15 is 0 Å². The molecule has 0 rings (SSSR count). The van der Waals surface area contributed by atoms with Crippen LogP contribution < -0.4 is 0 Å². The molecule has 0 aliphatic heterocycles. The average Bonchev–Trinajstić information content (AvgIpc) is 1.85. The van der Waals surface area contributed by atoms with Gasteiger partial charge in [0.25, 0.3) is 0 Å². The van der Waals surface area contributed by atoms with Gasteiger partial charge < -0.3 is 9.38 Å². The van der Waals surface area contributed by atoms with Crippen LogP contribution in [0.25, 0.3) is 0 Å². The molecule has 0 aromatic rings. The van der Waals surface area contributed by atoms with E-state index in [-0.39, 0.29) is 0 Å². The Bertz CT molecular complexity index is 196. The first-order chi connectivity index (χ1) is 5.48. The normalized spacial score (nSPS) is 13.8. The summed E-state index contributed by atoms with van der Waals surface area (Å²) in [5.41, 5.74) is 0. The molecule has 0 amide bonds. The minimum atomic E-state index is -2.28. The second kappa shape index (κ2) is 5.37. The standard InChI is InChI=1S/C8H16NO2P/c1-4-6-9(2,3)7-5-8-12(10)11/h1,12H,5-8H2,2-3H3/p+1. The molecule has 1 unspecified atom stereocenters. The van der Waals surface area contributed by atoms with E-state index in [1.807, 2.05) is 14.1 Å². The zero-order valence-corrected chi connectivity index (χ0v) is 8.71. The van der Waals surface area contributed by atoms with Gasteiger partial charge in [0.15, 0.2) is 8.03 Å². The van der Waals surface area contributed by atoms with E-state index in [1.165, 1.54) is 0 Å². The van der Waals surface area contributed by atoms with Crippen molar-refractivity contribution in [1.29, 1.82) is 0 Å². The maximum absolute atomic E-state index is 10.4. The molecule has 1 atom stereocenters. The summed E-state index contributed by atoms with van der Waals surface area (Å²) in [7, 11) is 1.76. The van der Waals surface area contributed by atoms with Gasteiger partial charge in [0.2, 0.25) is 0 Å². The van der Waals surface area contributed by atoms with Crippen molar-refractivity contribution in [3.63, 3.8) is 0 Å². The molecule has 4 heteroatoms. The summed E-state index contributed by atoms with van der Waals surface area (Å²) in [4.78, 5) is 8.58. The molecular weight excluding hydrogens is 173 g/mol. The first-order valence-corrected chi connectivity index (χ1v) is 5.51. The van der Waals surface area contributed by atoms with Crippen LogP contribution in [0.5, 0.6) is 0 Å². The van der Waals surface area contributed by atoms with Gasteiger partial charge in [0.05, 0.1) is 20.6 Å². The van der Waals surface area contributed by atoms with Crippen LogP contribution in [0, 0.1) is 12.3 Å². The molecular formula is C8H17NO2P+. The monoisotopic (exact) mass is 190 g/mol. The molecule has 0 saturated carbocycles. The van der Waals surface area contributed by atoms with Crippen LogP contribution in [0.3, 0.4) is 0 Å². The zero-order chi connectivity index (χ0) is 9.61. The van der Waals surface area contributed by atoms with E-state index in [1.54, 1.807) is 0 Å². The van der Waals surface area contributed by atoms with Gasteiger partial charge in [-0.05, 0) is 5.92 Å². The quantitative estimate of drug-likeness (QED) is 0.390. The van der Waals surface area contributed by atoms with Crippen molar-refractivity contribution in [3.8, 4) is 12.3 Å². The van der Waals surface area contributed by atoms with Crippen molar-refractivity contribution in [2.75, 3.05) is 33.3 Å². The summed E-state index contributed by atoms with van der Waals surface area (Å²) in [5.74, 6) is 2.59. The summed E-state index contributed by atoms with van der Waals surface area (Å²) in [5, 5.41) is 0. The summed E-state index contributed by atoms with van der Waals surface area (Å²) in [6, 6.07) is 0. The predicted octanol–water partition coefficient (Wildman–Crippen LogP) is 0.553. The van der Waals surface area contributed by atoms with Crippen molar-refractivity contribution in [1.82, 2.24) is 0 Å². The Kier molecular flexibility index (Phi) is 5.24. The van der Waals surface area contributed by atoms with Crippen LogP contribution in [0.2, 0.25) is 0 Å². The highest BCUT2D eigenvalue weighted by molar-refractivity contribution is 7.37. The lowest BCUT2D eigenvalue weighted by molar-refractivity contribution is -0.883. The lowest BCUT2D eigenvalue weighted by Crippen LogP contribution is -2.40. The minimum Gasteiger partial charge on any atom is -0.346 e. The molecule has 0 fully saturated rings. The lowest BCUT2D eigenvalue weighted by atomic mass is 10.4. The second-order valence-corrected chi connectivity index (χ2v) is 4.81. The van der Waals surface area contributed by atoms with E-state index in [4.69, 9.17) is 11.3 Å². The predicted molar refractivity (Wildman–Crippen MR) is 51.4 cm³/mol. The molecule has 0 radical (unpaired) electrons. The van der Waals surface area contributed by atoms with Crippen LogP contribution in [-0.4, -0.2) is 42.7 Å². The fourth-order valence-electron chi connectivity index (χ4n) is 0.984. The highest BCUT2D eigenvalue weighted by Crippen LogP contribution is 2.14. The zero-order valence-electron chi connectivity index (χ0n) is 7.71. The Hall–Kier alpha value is -0.290. The number of nitrogens with zero attached hydrogens (tertiary/aromatic N) is 1. The Morgan fingerprint density at radius 1 is 1.58 bits per heavy atom. The molecule has 0 heterocycles. The van der Waals surface area contributed by atoms with Gasteiger partial charge in [-0.1, -0.05) is 0 Å². The molecule has 0 aliphatic carbocycles. The average molecular weight is 190 g/mol. The number of hydrogen-bond donors (Lipinski definition) is 1. The van der Waals surface area contributed by atoms with Crippen LogP contribution in [0.4, 0.5) is 0 Å². The lowest BCUT2D eigenvalue weighted by Gasteiger charge is -2.26. The van der Waals surface area contributed by atoms with Gasteiger partial charge in [-0.2, -0.15) is 0 Å². The molecule has 70 valence electrons. The fourth-order valence-corrected chi connectivity index (χ4v) is 1.45. The van der Waals surface area contributed by atoms with Crippen molar-refractivity contribution >= 4 is 8.03 Å². The molecule has 1 N–H and O–H groups in total. The maximum Gasteiger partial charge on any atom is 0.189 e. The van der Waals surface area contributed by atoms with Gasteiger partial charge in [0.1, 0.15) is 6.54 Å². The summed E-state index contributed by atoms with van der Waals surface area (Å²) >= 11 is 0. The van der Waals surface area contributed by atoms with Gasteiger partial charge in [-0.25, -0.2) is 0 Å². The molecule has 0 aromatic carbocycles. The van der Waals surface area contributed by atoms with E-state index < -0.39 is 8.03 Å². The molecule has 0 saturated heterocycles. The molecule has 12 heavy (non-hydrogen) atoms. The summed E-state index contributed by atoms with van der Waals surface area (Å²) in [6.07, 6.45) is 6.36. The number of terminal acetylenes is 1. The van der Waals surface area contributed by atoms with E-state index in [0.717, 1.165) is 17.4 Å². The molecule has 3 nitrogen and oxygen atoms in total. The molecule has 0 bridgehead atoms. The smallest absolute Gasteiger partial charge is 0.189 e. The van der Waals surface area contributed by atoms with Crippen LogP contribution in [0.1, 0.15) is 6.42 Å². The van der Waals surface area contributed by atoms with Gasteiger partial charge in [-0.3, -0.25) is 4.57 Å². The topological polar surface area (TPSA) is 37.3 Å². The maximum atomic E-state index is 10.4. The molecule has 0 spiro atoms. The van der Waals surface area contributed by atoms with E-state index in [2.05, 4.69) is 5.92 Å². The van der Waals surface area contributed by atoms with Crippen molar-refractivity contribution in [2.24, 2.45) is 0 Å². The fraction of sp³-hybridized carbons (Fsp3) is 0.750. The Morgan fingerprint density at radius 2 is 2.17 bits per heavy atom. The third-order valence-electron chi connectivity index (χ3n) is 1.67. The van der Waals surface area contributed by atoms with E-state index in [9.17, 15) is 4.57 Å². The van der Waals surface area contributed by atoms with E-state index in [0.29, 0.717) is 12.7 Å². The minimum absolute atomic E-state index is 0.414. The second-order valence-electron chi connectivity index (χ2n) is 3.52. The van der Waals surface area contributed by atoms with Crippen LogP contribution >= 0.6 is 8.03 Å². The van der Waals surface area contributed by atoms with Crippen molar-refractivity contribution < 1.29 is 13.9 Å². The Labute approximate surface area is 74.8 Å². The third-order valence-corrected chi connectivity index (χ3v) is 2.45. The summed E-state index contributed by atoms with van der Waals surface area (Å²) in [6.45, 7) is 1.54. The van der Waals surface area contributed by atoms with Gasteiger partial charge >= 0.3 is 0 Å². The largest absolute Gasteiger partial charge is 0.346 e. The SMILES string of the molecule is C#CC[N+](C)(C)CCC[PH](=O)O. The molecule has 0 aromatic heterocycles. The highest BCUT2D eigenvalue weighted by atomic mass is 31.1. The molecule has 0 aliphatic rings.